The molecule has 0 spiro atoms. The first-order chi connectivity index (χ1) is 10.1. The summed E-state index contributed by atoms with van der Waals surface area (Å²) in [6.07, 6.45) is 7.82. The number of allylic oxidation sites excluding steroid dienone is 2. The molecule has 1 aliphatic carbocycles. The minimum Gasteiger partial charge on any atom is -0.204 e. The second-order valence-electron chi connectivity index (χ2n) is 5.34. The summed E-state index contributed by atoms with van der Waals surface area (Å²) in [4.78, 5) is 0. The van der Waals surface area contributed by atoms with Gasteiger partial charge in [0.15, 0.2) is 17.5 Å². The Morgan fingerprint density at radius 3 is 2.10 bits per heavy atom. The van der Waals surface area contributed by atoms with E-state index in [1.807, 2.05) is 24.3 Å². The molecule has 0 amide bonds. The SMILES string of the molecule is Fc1cc(-c2ccc(C3C=CCCC3)cc2)cc(F)c1F. The maximum absolute atomic E-state index is 13.3. The first-order valence-corrected chi connectivity index (χ1v) is 7.06. The van der Waals surface area contributed by atoms with E-state index >= 15 is 0 Å². The maximum Gasteiger partial charge on any atom is 0.194 e. The summed E-state index contributed by atoms with van der Waals surface area (Å²) in [6.45, 7) is 0. The van der Waals surface area contributed by atoms with Crippen molar-refractivity contribution >= 4 is 0 Å². The molecule has 0 heterocycles. The van der Waals surface area contributed by atoms with Crippen LogP contribution in [0.25, 0.3) is 11.1 Å². The van der Waals surface area contributed by atoms with Gasteiger partial charge in [-0.2, -0.15) is 0 Å². The van der Waals surface area contributed by atoms with Crippen LogP contribution in [0.1, 0.15) is 30.7 Å². The Labute approximate surface area is 121 Å². The van der Waals surface area contributed by atoms with E-state index in [2.05, 4.69) is 12.2 Å². The average Bonchev–Trinajstić information content (AvgIpc) is 2.53. The Morgan fingerprint density at radius 1 is 0.857 bits per heavy atom. The highest BCUT2D eigenvalue weighted by Gasteiger charge is 2.13. The lowest BCUT2D eigenvalue weighted by Crippen LogP contribution is -1.99. The van der Waals surface area contributed by atoms with Gasteiger partial charge in [0.05, 0.1) is 0 Å². The Kier molecular flexibility index (Phi) is 3.82. The van der Waals surface area contributed by atoms with E-state index in [4.69, 9.17) is 0 Å². The molecular formula is C18H15F3. The third kappa shape index (κ3) is 2.87. The molecular weight excluding hydrogens is 273 g/mol. The number of hydrogen-bond acceptors (Lipinski definition) is 0. The fourth-order valence-corrected chi connectivity index (χ4v) is 2.74. The molecule has 0 bridgehead atoms. The molecule has 1 aliphatic rings. The molecule has 3 heteroatoms. The summed E-state index contributed by atoms with van der Waals surface area (Å²) in [5.41, 5.74) is 2.21. The molecule has 108 valence electrons. The van der Waals surface area contributed by atoms with E-state index in [1.54, 1.807) is 0 Å². The molecule has 0 saturated heterocycles. The quantitative estimate of drug-likeness (QED) is 0.499. The smallest absolute Gasteiger partial charge is 0.194 e. The highest BCUT2D eigenvalue weighted by atomic mass is 19.2. The van der Waals surface area contributed by atoms with Gasteiger partial charge in [0, 0.05) is 5.92 Å². The molecule has 0 aromatic heterocycles. The standard InChI is InChI=1S/C18H15F3/c19-16-10-15(11-17(20)18(16)21)14-8-6-13(7-9-14)12-4-2-1-3-5-12/h2,4,6-12H,1,3,5H2. The van der Waals surface area contributed by atoms with Crippen molar-refractivity contribution in [3.05, 3.63) is 71.6 Å². The van der Waals surface area contributed by atoms with Crippen molar-refractivity contribution < 1.29 is 13.2 Å². The van der Waals surface area contributed by atoms with Crippen LogP contribution in [0, 0.1) is 17.5 Å². The summed E-state index contributed by atoms with van der Waals surface area (Å²) >= 11 is 0. The molecule has 0 radical (unpaired) electrons. The van der Waals surface area contributed by atoms with Gasteiger partial charge < -0.3 is 0 Å². The molecule has 2 aromatic carbocycles. The summed E-state index contributed by atoms with van der Waals surface area (Å²) in [6, 6.07) is 9.62. The van der Waals surface area contributed by atoms with E-state index in [0.29, 0.717) is 17.0 Å². The zero-order valence-corrected chi connectivity index (χ0v) is 11.5. The predicted octanol–water partition coefficient (Wildman–Crippen LogP) is 5.59. The molecule has 2 aromatic rings. The molecule has 0 N–H and O–H groups in total. The van der Waals surface area contributed by atoms with Crippen LogP contribution in [0.5, 0.6) is 0 Å². The lowest BCUT2D eigenvalue weighted by Gasteiger charge is -2.17. The van der Waals surface area contributed by atoms with Gasteiger partial charge in [0.2, 0.25) is 0 Å². The first-order valence-electron chi connectivity index (χ1n) is 7.06. The molecule has 0 aliphatic heterocycles. The van der Waals surface area contributed by atoms with Crippen molar-refractivity contribution in [2.75, 3.05) is 0 Å². The molecule has 1 unspecified atom stereocenters. The van der Waals surface area contributed by atoms with Crippen LogP contribution in [0.15, 0.2) is 48.6 Å². The molecule has 3 rings (SSSR count). The molecule has 21 heavy (non-hydrogen) atoms. The van der Waals surface area contributed by atoms with Crippen LogP contribution >= 0.6 is 0 Å². The normalized spacial score (nSPS) is 18.0. The Hall–Kier alpha value is -2.03. The van der Waals surface area contributed by atoms with Crippen molar-refractivity contribution in [3.63, 3.8) is 0 Å². The summed E-state index contributed by atoms with van der Waals surface area (Å²) in [5.74, 6) is -3.34. The second-order valence-corrected chi connectivity index (χ2v) is 5.34. The fourth-order valence-electron chi connectivity index (χ4n) is 2.74. The first kappa shape index (κ1) is 13.9. The highest BCUT2D eigenvalue weighted by Crippen LogP contribution is 2.30. The van der Waals surface area contributed by atoms with E-state index in [-0.39, 0.29) is 0 Å². The number of rotatable bonds is 2. The summed E-state index contributed by atoms with van der Waals surface area (Å²) in [7, 11) is 0. The van der Waals surface area contributed by atoms with Crippen LogP contribution in [-0.4, -0.2) is 0 Å². The van der Waals surface area contributed by atoms with E-state index < -0.39 is 17.5 Å². The van der Waals surface area contributed by atoms with Gasteiger partial charge in [0.1, 0.15) is 0 Å². The number of halogens is 3. The lowest BCUT2D eigenvalue weighted by molar-refractivity contribution is 0.448. The van der Waals surface area contributed by atoms with Gasteiger partial charge >= 0.3 is 0 Å². The van der Waals surface area contributed by atoms with Gasteiger partial charge in [-0.3, -0.25) is 0 Å². The minimum atomic E-state index is -1.43. The van der Waals surface area contributed by atoms with Crippen LogP contribution in [0.3, 0.4) is 0 Å². The van der Waals surface area contributed by atoms with Gasteiger partial charge in [-0.05, 0) is 48.1 Å². The second kappa shape index (κ2) is 5.76. The fraction of sp³-hybridized carbons (Fsp3) is 0.222. The van der Waals surface area contributed by atoms with E-state index in [0.717, 1.165) is 25.0 Å². The zero-order valence-electron chi connectivity index (χ0n) is 11.5. The topological polar surface area (TPSA) is 0 Å². The summed E-state index contributed by atoms with van der Waals surface area (Å²) < 4.78 is 39.5. The number of benzene rings is 2. The largest absolute Gasteiger partial charge is 0.204 e. The van der Waals surface area contributed by atoms with Gasteiger partial charge in [-0.25, -0.2) is 13.2 Å². The monoisotopic (exact) mass is 288 g/mol. The Balaban J connectivity index is 1.90. The van der Waals surface area contributed by atoms with E-state index in [9.17, 15) is 13.2 Å². The Bertz CT molecular complexity index is 648. The third-order valence-corrected chi connectivity index (χ3v) is 3.91. The van der Waals surface area contributed by atoms with Gasteiger partial charge in [0.25, 0.3) is 0 Å². The molecule has 0 fully saturated rings. The van der Waals surface area contributed by atoms with Crippen molar-refractivity contribution in [1.29, 1.82) is 0 Å². The van der Waals surface area contributed by atoms with Gasteiger partial charge in [-0.15, -0.1) is 0 Å². The molecule has 0 nitrogen and oxygen atoms in total. The van der Waals surface area contributed by atoms with Crippen LogP contribution in [-0.2, 0) is 0 Å². The minimum absolute atomic E-state index is 0.345. The number of hydrogen-bond donors (Lipinski definition) is 0. The summed E-state index contributed by atoms with van der Waals surface area (Å²) in [5, 5.41) is 0. The van der Waals surface area contributed by atoms with Crippen LogP contribution in [0.2, 0.25) is 0 Å². The van der Waals surface area contributed by atoms with Crippen molar-refractivity contribution in [2.45, 2.75) is 25.2 Å². The third-order valence-electron chi connectivity index (χ3n) is 3.91. The molecule has 1 atom stereocenters. The van der Waals surface area contributed by atoms with Crippen molar-refractivity contribution in [3.8, 4) is 11.1 Å². The van der Waals surface area contributed by atoms with Crippen molar-refractivity contribution in [1.82, 2.24) is 0 Å². The average molecular weight is 288 g/mol. The van der Waals surface area contributed by atoms with Crippen molar-refractivity contribution in [2.24, 2.45) is 0 Å². The van der Waals surface area contributed by atoms with Crippen LogP contribution in [0.4, 0.5) is 13.2 Å². The predicted molar refractivity (Wildman–Crippen MR) is 77.5 cm³/mol. The zero-order chi connectivity index (χ0) is 14.8. The lowest BCUT2D eigenvalue weighted by atomic mass is 9.88. The van der Waals surface area contributed by atoms with E-state index in [1.165, 1.54) is 12.0 Å². The maximum atomic E-state index is 13.3. The Morgan fingerprint density at radius 2 is 1.52 bits per heavy atom. The highest BCUT2D eigenvalue weighted by molar-refractivity contribution is 5.64. The van der Waals surface area contributed by atoms with Crippen LogP contribution < -0.4 is 0 Å². The van der Waals surface area contributed by atoms with Gasteiger partial charge in [-0.1, -0.05) is 36.4 Å². The molecule has 0 saturated carbocycles.